The van der Waals surface area contributed by atoms with Crippen LogP contribution in [0.1, 0.15) is 24.2 Å². The van der Waals surface area contributed by atoms with E-state index in [0.717, 1.165) is 22.0 Å². The minimum absolute atomic E-state index is 0.0578. The van der Waals surface area contributed by atoms with Gasteiger partial charge in [0.25, 0.3) is 0 Å². The van der Waals surface area contributed by atoms with E-state index in [1.165, 1.54) is 0 Å². The van der Waals surface area contributed by atoms with Crippen molar-refractivity contribution in [3.8, 4) is 22.8 Å². The molecule has 1 aliphatic rings. The molecule has 2 N–H and O–H groups in total. The molecule has 2 aromatic carbocycles. The molecule has 0 unspecified atom stereocenters. The van der Waals surface area contributed by atoms with Gasteiger partial charge >= 0.3 is 17.8 Å². The van der Waals surface area contributed by atoms with Gasteiger partial charge in [0.05, 0.1) is 31.5 Å². The number of ether oxygens (including phenoxy) is 1. The molecule has 0 bridgehead atoms. The van der Waals surface area contributed by atoms with Crippen molar-refractivity contribution in [2.75, 3.05) is 33.7 Å². The van der Waals surface area contributed by atoms with Crippen LogP contribution < -0.4 is 10.1 Å². The Kier molecular flexibility index (Phi) is 9.81. The van der Waals surface area contributed by atoms with E-state index < -0.39 is 36.9 Å². The zero-order valence-corrected chi connectivity index (χ0v) is 24.3. The lowest BCUT2D eigenvalue weighted by atomic mass is 10.1. The summed E-state index contributed by atoms with van der Waals surface area (Å²) >= 11 is 6.21. The predicted molar refractivity (Wildman–Crippen MR) is 151 cm³/mol. The number of nitrogens with one attached hydrogen (secondary N) is 1. The Morgan fingerprint density at radius 2 is 1.81 bits per heavy atom. The van der Waals surface area contributed by atoms with Gasteiger partial charge in [-0.25, -0.2) is 4.98 Å². The highest BCUT2D eigenvalue weighted by molar-refractivity contribution is 6.30. The van der Waals surface area contributed by atoms with E-state index in [1.54, 1.807) is 18.2 Å². The second kappa shape index (κ2) is 13.0. The van der Waals surface area contributed by atoms with Gasteiger partial charge < -0.3 is 24.6 Å². The molecule has 0 spiro atoms. The Balaban J connectivity index is 1.37. The van der Waals surface area contributed by atoms with E-state index in [-0.39, 0.29) is 25.9 Å². The topological polar surface area (TPSA) is 82.9 Å². The van der Waals surface area contributed by atoms with E-state index in [4.69, 9.17) is 16.3 Å². The van der Waals surface area contributed by atoms with Gasteiger partial charge in [-0.2, -0.15) is 17.6 Å². The first-order valence-electron chi connectivity index (χ1n) is 13.4. The molecule has 228 valence electrons. The number of hydrogen-bond donors (Lipinski definition) is 2. The first-order chi connectivity index (χ1) is 19.8. The smallest absolute Gasteiger partial charge is 0.323 e. The number of carboxylic acids is 1. The van der Waals surface area contributed by atoms with Crippen LogP contribution in [0.3, 0.4) is 0 Å². The second-order valence-electron chi connectivity index (χ2n) is 10.8. The Morgan fingerprint density at radius 1 is 1.14 bits per heavy atom. The summed E-state index contributed by atoms with van der Waals surface area (Å²) in [6.45, 7) is -1.32. The molecule has 42 heavy (non-hydrogen) atoms. The maximum absolute atomic E-state index is 13.4. The summed E-state index contributed by atoms with van der Waals surface area (Å²) in [6.07, 6.45) is 2.04. The third kappa shape index (κ3) is 7.60. The monoisotopic (exact) mass is 611 g/mol. The number of benzene rings is 2. The van der Waals surface area contributed by atoms with Gasteiger partial charge in [-0.15, -0.1) is 0 Å². The van der Waals surface area contributed by atoms with Crippen LogP contribution in [0.5, 0.6) is 11.5 Å². The van der Waals surface area contributed by atoms with Gasteiger partial charge in [-0.05, 0) is 69.9 Å². The lowest BCUT2D eigenvalue weighted by molar-refractivity contribution is -0.172. The van der Waals surface area contributed by atoms with Gasteiger partial charge in [0, 0.05) is 29.7 Å². The van der Waals surface area contributed by atoms with Gasteiger partial charge in [0.1, 0.15) is 23.4 Å². The lowest BCUT2D eigenvalue weighted by Crippen LogP contribution is -2.38. The third-order valence-electron chi connectivity index (χ3n) is 7.13. The van der Waals surface area contributed by atoms with Crippen LogP contribution in [-0.2, 0) is 24.9 Å². The number of aromatic nitrogens is 2. The summed E-state index contributed by atoms with van der Waals surface area (Å²) in [7, 11) is 5.92. The molecule has 1 aromatic heterocycles. The van der Waals surface area contributed by atoms with Gasteiger partial charge in [0.2, 0.25) is 0 Å². The summed E-state index contributed by atoms with van der Waals surface area (Å²) in [5, 5.41) is 13.0. The fraction of sp³-hybridized carbons (Fsp3) is 0.448. The summed E-state index contributed by atoms with van der Waals surface area (Å²) in [4.78, 5) is 19.3. The summed E-state index contributed by atoms with van der Waals surface area (Å²) in [6, 6.07) is 11.5. The van der Waals surface area contributed by atoms with Crippen molar-refractivity contribution in [3.05, 3.63) is 65.1 Å². The number of halogens is 5. The van der Waals surface area contributed by atoms with E-state index in [0.29, 0.717) is 28.6 Å². The Bertz CT molecular complexity index is 1370. The Labute approximate surface area is 246 Å². The number of rotatable bonds is 13. The quantitative estimate of drug-likeness (QED) is 0.247. The van der Waals surface area contributed by atoms with Crippen LogP contribution in [0.15, 0.2) is 48.7 Å². The van der Waals surface area contributed by atoms with Gasteiger partial charge in [0.15, 0.2) is 0 Å². The molecule has 0 amide bonds. The molecular weight excluding hydrogens is 578 g/mol. The van der Waals surface area contributed by atoms with Crippen molar-refractivity contribution in [2.45, 2.75) is 43.8 Å². The number of carboxylic acid groups (broad SMARTS) is 1. The number of aliphatic carboxylic acids is 1. The summed E-state index contributed by atoms with van der Waals surface area (Å²) < 4.78 is 61.9. The van der Waals surface area contributed by atoms with Crippen LogP contribution in [0.2, 0.25) is 5.02 Å². The minimum atomic E-state index is -4.09. The van der Waals surface area contributed by atoms with Crippen LogP contribution in [0.4, 0.5) is 17.6 Å². The van der Waals surface area contributed by atoms with Crippen molar-refractivity contribution in [3.63, 3.8) is 0 Å². The highest BCUT2D eigenvalue weighted by Crippen LogP contribution is 2.41. The fourth-order valence-electron chi connectivity index (χ4n) is 4.81. The standard InChI is InChI=1S/C29H34ClF4N5O3/c1-37(2)16-26-36-15-24(38(26)3)19-7-10-22(11-8-19)42-25-13-21(30)9-6-20(25)14-35-23(27(40)41)5-4-12-39-17-28(31,32)29(33,34)18-39/h6-11,13,15,23,35H,4-5,12,14,16-18H2,1-3H3,(H,40,41)/t23-/m0/s1. The molecule has 1 atom stereocenters. The molecule has 1 fully saturated rings. The second-order valence-corrected chi connectivity index (χ2v) is 11.2. The predicted octanol–water partition coefficient (Wildman–Crippen LogP) is 5.50. The molecule has 0 saturated carbocycles. The van der Waals surface area contributed by atoms with Crippen molar-refractivity contribution >= 4 is 17.6 Å². The fourth-order valence-corrected chi connectivity index (χ4v) is 4.97. The van der Waals surface area contributed by atoms with E-state index in [1.807, 2.05) is 61.1 Å². The van der Waals surface area contributed by atoms with Crippen molar-refractivity contribution in [1.82, 2.24) is 24.7 Å². The zero-order chi connectivity index (χ0) is 30.7. The van der Waals surface area contributed by atoms with Crippen molar-refractivity contribution in [1.29, 1.82) is 0 Å². The molecule has 8 nitrogen and oxygen atoms in total. The normalized spacial score (nSPS) is 17.1. The molecule has 1 saturated heterocycles. The number of nitrogens with zero attached hydrogens (tertiary/aromatic N) is 4. The molecule has 1 aliphatic heterocycles. The molecule has 0 aliphatic carbocycles. The highest BCUT2D eigenvalue weighted by Gasteiger charge is 2.62. The summed E-state index contributed by atoms with van der Waals surface area (Å²) in [5.41, 5.74) is 2.56. The van der Waals surface area contributed by atoms with E-state index in [2.05, 4.69) is 10.3 Å². The van der Waals surface area contributed by atoms with Crippen LogP contribution >= 0.6 is 11.6 Å². The minimum Gasteiger partial charge on any atom is -0.480 e. The summed E-state index contributed by atoms with van der Waals surface area (Å²) in [5.74, 6) is -7.39. The number of likely N-dealkylation sites (tertiary alicyclic amines) is 1. The molecule has 2 heterocycles. The van der Waals surface area contributed by atoms with Crippen LogP contribution in [0, 0.1) is 0 Å². The largest absolute Gasteiger partial charge is 0.480 e. The maximum Gasteiger partial charge on any atom is 0.323 e. The maximum atomic E-state index is 13.4. The third-order valence-corrected chi connectivity index (χ3v) is 7.37. The number of hydrogen-bond acceptors (Lipinski definition) is 6. The molecule has 13 heteroatoms. The van der Waals surface area contributed by atoms with Crippen molar-refractivity contribution < 1.29 is 32.2 Å². The Morgan fingerprint density at radius 3 is 2.43 bits per heavy atom. The molecule has 0 radical (unpaired) electrons. The van der Waals surface area contributed by atoms with Gasteiger partial charge in [-0.1, -0.05) is 17.7 Å². The van der Waals surface area contributed by atoms with Crippen molar-refractivity contribution in [2.24, 2.45) is 7.05 Å². The highest BCUT2D eigenvalue weighted by atomic mass is 35.5. The first kappa shape index (κ1) is 31.7. The lowest BCUT2D eigenvalue weighted by Gasteiger charge is -2.19. The van der Waals surface area contributed by atoms with Gasteiger partial charge in [-0.3, -0.25) is 9.69 Å². The SMILES string of the molecule is CN(C)Cc1ncc(-c2ccc(Oc3cc(Cl)ccc3CN[C@@H](CCCN3CC(F)(F)C(F)(F)C3)C(=O)O)cc2)n1C. The first-order valence-corrected chi connectivity index (χ1v) is 13.8. The average Bonchev–Trinajstić information content (AvgIpc) is 3.35. The number of alkyl halides is 4. The van der Waals surface area contributed by atoms with Crippen LogP contribution in [-0.4, -0.2) is 82.0 Å². The average molecular weight is 612 g/mol. The zero-order valence-electron chi connectivity index (χ0n) is 23.6. The van der Waals surface area contributed by atoms with E-state index in [9.17, 15) is 27.5 Å². The Hall–Kier alpha value is -3.19. The van der Waals surface area contributed by atoms with Crippen LogP contribution in [0.25, 0.3) is 11.3 Å². The number of imidazole rings is 1. The van der Waals surface area contributed by atoms with E-state index >= 15 is 0 Å². The molecule has 4 rings (SSSR count). The number of carbonyl (C=O) groups is 1. The molecule has 3 aromatic rings. The molecular formula is C29H34ClF4N5O3.